The molecular formula is C19H19FN2O5S. The molecule has 1 saturated heterocycles. The third kappa shape index (κ3) is 3.55. The summed E-state index contributed by atoms with van der Waals surface area (Å²) in [6, 6.07) is 8.25. The number of carbonyl (C=O) groups is 1. The number of piperidine rings is 1. The van der Waals surface area contributed by atoms with Gasteiger partial charge in [0.1, 0.15) is 10.7 Å². The van der Waals surface area contributed by atoms with Crippen molar-refractivity contribution in [3.8, 4) is 11.5 Å². The maximum Gasteiger partial charge on any atom is 0.255 e. The minimum atomic E-state index is -3.99. The van der Waals surface area contributed by atoms with Crippen molar-refractivity contribution >= 4 is 21.6 Å². The van der Waals surface area contributed by atoms with E-state index in [0.29, 0.717) is 30.3 Å². The van der Waals surface area contributed by atoms with Crippen LogP contribution in [0.2, 0.25) is 0 Å². The maximum absolute atomic E-state index is 14.3. The van der Waals surface area contributed by atoms with Crippen molar-refractivity contribution in [1.82, 2.24) is 4.31 Å². The van der Waals surface area contributed by atoms with E-state index in [1.54, 1.807) is 18.2 Å². The van der Waals surface area contributed by atoms with Gasteiger partial charge in [-0.05, 0) is 43.2 Å². The number of amides is 1. The molecule has 4 rings (SSSR count). The fourth-order valence-electron chi connectivity index (χ4n) is 3.26. The summed E-state index contributed by atoms with van der Waals surface area (Å²) in [7, 11) is -3.99. The Bertz CT molecular complexity index is 1020. The van der Waals surface area contributed by atoms with Gasteiger partial charge in [-0.25, -0.2) is 12.8 Å². The Kier molecular flexibility index (Phi) is 4.94. The number of fused-ring (bicyclic) bond motifs is 1. The Morgan fingerprint density at radius 1 is 1.00 bits per heavy atom. The lowest BCUT2D eigenvalue weighted by Crippen LogP contribution is -2.36. The van der Waals surface area contributed by atoms with Crippen LogP contribution in [-0.4, -0.2) is 38.5 Å². The molecule has 0 atom stereocenters. The molecule has 0 radical (unpaired) electrons. The number of hydrogen-bond donors (Lipinski definition) is 1. The van der Waals surface area contributed by atoms with Gasteiger partial charge in [-0.3, -0.25) is 4.79 Å². The Hall–Kier alpha value is -2.65. The number of ether oxygens (including phenoxy) is 2. The Labute approximate surface area is 162 Å². The molecule has 2 aromatic rings. The van der Waals surface area contributed by atoms with Crippen LogP contribution in [0.4, 0.5) is 10.1 Å². The van der Waals surface area contributed by atoms with Crippen LogP contribution >= 0.6 is 0 Å². The van der Waals surface area contributed by atoms with Crippen LogP contribution in [0.5, 0.6) is 11.5 Å². The van der Waals surface area contributed by atoms with E-state index in [-0.39, 0.29) is 12.4 Å². The lowest BCUT2D eigenvalue weighted by atomic mass is 10.2. The van der Waals surface area contributed by atoms with Crippen molar-refractivity contribution in [2.45, 2.75) is 24.2 Å². The quantitative estimate of drug-likeness (QED) is 0.844. The van der Waals surface area contributed by atoms with E-state index in [9.17, 15) is 17.6 Å². The molecule has 2 heterocycles. The summed E-state index contributed by atoms with van der Waals surface area (Å²) in [6.07, 6.45) is 2.43. The number of nitrogens with one attached hydrogen (secondary N) is 1. The van der Waals surface area contributed by atoms with Gasteiger partial charge < -0.3 is 14.8 Å². The minimum absolute atomic E-state index is 0.0506. The van der Waals surface area contributed by atoms with Crippen LogP contribution < -0.4 is 14.8 Å². The molecule has 0 spiro atoms. The van der Waals surface area contributed by atoms with Gasteiger partial charge in [0.05, 0.1) is 0 Å². The first-order valence-electron chi connectivity index (χ1n) is 8.96. The number of hydrogen-bond acceptors (Lipinski definition) is 5. The molecule has 1 fully saturated rings. The van der Waals surface area contributed by atoms with Gasteiger partial charge in [0.15, 0.2) is 11.5 Å². The summed E-state index contributed by atoms with van der Waals surface area (Å²) >= 11 is 0. The molecule has 2 aromatic carbocycles. The third-order valence-electron chi connectivity index (χ3n) is 4.76. The fourth-order valence-corrected chi connectivity index (χ4v) is 4.87. The highest BCUT2D eigenvalue weighted by molar-refractivity contribution is 7.89. The normalized spacial score (nSPS) is 16.8. The maximum atomic E-state index is 14.3. The summed E-state index contributed by atoms with van der Waals surface area (Å²) in [6.45, 7) is 0.827. The monoisotopic (exact) mass is 406 g/mol. The second-order valence-corrected chi connectivity index (χ2v) is 8.54. The van der Waals surface area contributed by atoms with Gasteiger partial charge in [-0.1, -0.05) is 6.42 Å². The van der Waals surface area contributed by atoms with E-state index in [4.69, 9.17) is 9.47 Å². The number of anilines is 1. The lowest BCUT2D eigenvalue weighted by Gasteiger charge is -2.26. The molecular weight excluding hydrogens is 387 g/mol. The first kappa shape index (κ1) is 18.7. The van der Waals surface area contributed by atoms with Gasteiger partial charge in [0, 0.05) is 30.4 Å². The Balaban J connectivity index is 1.58. The summed E-state index contributed by atoms with van der Waals surface area (Å²) in [5.74, 6) is -0.334. The molecule has 0 aliphatic carbocycles. The first-order chi connectivity index (χ1) is 13.4. The van der Waals surface area contributed by atoms with E-state index in [2.05, 4.69) is 5.32 Å². The third-order valence-corrected chi connectivity index (χ3v) is 6.67. The zero-order valence-electron chi connectivity index (χ0n) is 15.0. The van der Waals surface area contributed by atoms with E-state index >= 15 is 0 Å². The standard InChI is InChI=1S/C19H19FN2O5S/c20-15-6-4-13(10-18(15)28(24,25)22-8-2-1-3-9-22)19(23)21-14-5-7-16-17(11-14)27-12-26-16/h4-7,10-11H,1-3,8-9,12H2,(H,21,23). The largest absolute Gasteiger partial charge is 0.454 e. The fraction of sp³-hybridized carbons (Fsp3) is 0.316. The highest BCUT2D eigenvalue weighted by Crippen LogP contribution is 2.34. The van der Waals surface area contributed by atoms with E-state index in [0.717, 1.165) is 31.4 Å². The Morgan fingerprint density at radius 3 is 2.54 bits per heavy atom. The molecule has 28 heavy (non-hydrogen) atoms. The predicted octanol–water partition coefficient (Wildman–Crippen LogP) is 2.98. The van der Waals surface area contributed by atoms with E-state index in [1.165, 1.54) is 10.4 Å². The van der Waals surface area contributed by atoms with Gasteiger partial charge in [-0.15, -0.1) is 0 Å². The van der Waals surface area contributed by atoms with Crippen LogP contribution in [0.15, 0.2) is 41.3 Å². The second kappa shape index (κ2) is 7.40. The highest BCUT2D eigenvalue weighted by Gasteiger charge is 2.29. The molecule has 0 aromatic heterocycles. The average molecular weight is 406 g/mol. The van der Waals surface area contributed by atoms with Gasteiger partial charge in [0.25, 0.3) is 5.91 Å². The number of carbonyl (C=O) groups excluding carboxylic acids is 1. The summed E-state index contributed by atoms with van der Waals surface area (Å²) in [5.41, 5.74) is 0.508. The topological polar surface area (TPSA) is 84.9 Å². The summed E-state index contributed by atoms with van der Waals surface area (Å²) in [5, 5.41) is 2.66. The van der Waals surface area contributed by atoms with Crippen LogP contribution in [0.1, 0.15) is 29.6 Å². The minimum Gasteiger partial charge on any atom is -0.454 e. The van der Waals surface area contributed by atoms with Crippen molar-refractivity contribution in [1.29, 1.82) is 0 Å². The molecule has 0 bridgehead atoms. The number of halogens is 1. The lowest BCUT2D eigenvalue weighted by molar-refractivity contribution is 0.102. The van der Waals surface area contributed by atoms with Crippen molar-refractivity contribution in [3.05, 3.63) is 47.8 Å². The molecule has 148 valence electrons. The van der Waals surface area contributed by atoms with Crippen molar-refractivity contribution in [3.63, 3.8) is 0 Å². The SMILES string of the molecule is O=C(Nc1ccc2c(c1)OCO2)c1ccc(F)c(S(=O)(=O)N2CCCCC2)c1. The van der Waals surface area contributed by atoms with Crippen LogP contribution in [0, 0.1) is 5.82 Å². The van der Waals surface area contributed by atoms with Gasteiger partial charge >= 0.3 is 0 Å². The zero-order valence-corrected chi connectivity index (χ0v) is 15.8. The molecule has 7 nitrogen and oxygen atoms in total. The molecule has 2 aliphatic rings. The first-order valence-corrected chi connectivity index (χ1v) is 10.4. The molecule has 9 heteroatoms. The highest BCUT2D eigenvalue weighted by atomic mass is 32.2. The molecule has 0 saturated carbocycles. The number of sulfonamides is 1. The van der Waals surface area contributed by atoms with Crippen molar-refractivity contribution in [2.24, 2.45) is 0 Å². The van der Waals surface area contributed by atoms with Crippen LogP contribution in [-0.2, 0) is 10.0 Å². The molecule has 1 amide bonds. The van der Waals surface area contributed by atoms with Gasteiger partial charge in [0.2, 0.25) is 16.8 Å². The average Bonchev–Trinajstić information content (AvgIpc) is 3.16. The number of nitrogens with zero attached hydrogens (tertiary/aromatic N) is 1. The number of benzene rings is 2. The van der Waals surface area contributed by atoms with Gasteiger partial charge in [-0.2, -0.15) is 4.31 Å². The predicted molar refractivity (Wildman–Crippen MR) is 99.5 cm³/mol. The van der Waals surface area contributed by atoms with Crippen LogP contribution in [0.3, 0.4) is 0 Å². The van der Waals surface area contributed by atoms with E-state index in [1.807, 2.05) is 0 Å². The van der Waals surface area contributed by atoms with Crippen LogP contribution in [0.25, 0.3) is 0 Å². The molecule has 2 aliphatic heterocycles. The van der Waals surface area contributed by atoms with E-state index < -0.39 is 26.6 Å². The summed E-state index contributed by atoms with van der Waals surface area (Å²) < 4.78 is 51.6. The summed E-state index contributed by atoms with van der Waals surface area (Å²) in [4.78, 5) is 12.1. The molecule has 1 N–H and O–H groups in total. The molecule has 0 unspecified atom stereocenters. The second-order valence-electron chi connectivity index (χ2n) is 6.63. The zero-order chi connectivity index (χ0) is 19.7. The van der Waals surface area contributed by atoms with Crippen molar-refractivity contribution < 1.29 is 27.1 Å². The number of rotatable bonds is 4. The van der Waals surface area contributed by atoms with Crippen molar-refractivity contribution in [2.75, 3.05) is 25.2 Å². The smallest absolute Gasteiger partial charge is 0.255 e. The Morgan fingerprint density at radius 2 is 1.75 bits per heavy atom.